The molecule has 1 amide bonds. The van der Waals surface area contributed by atoms with Crippen molar-refractivity contribution >= 4 is 5.91 Å². The Labute approximate surface area is 113 Å². The summed E-state index contributed by atoms with van der Waals surface area (Å²) >= 11 is 0. The van der Waals surface area contributed by atoms with E-state index in [1.165, 1.54) is 12.1 Å². The smallest absolute Gasteiger partial charge is 0.227 e. The van der Waals surface area contributed by atoms with Crippen molar-refractivity contribution in [1.29, 1.82) is 0 Å². The molecule has 1 aromatic rings. The molecule has 4 heteroatoms. The maximum atomic E-state index is 12.9. The van der Waals surface area contributed by atoms with Crippen molar-refractivity contribution in [1.82, 2.24) is 10.2 Å². The van der Waals surface area contributed by atoms with E-state index < -0.39 is 0 Å². The van der Waals surface area contributed by atoms with Gasteiger partial charge < -0.3 is 10.2 Å². The van der Waals surface area contributed by atoms with Gasteiger partial charge in [0, 0.05) is 13.6 Å². The highest BCUT2D eigenvalue weighted by Crippen LogP contribution is 2.22. The molecule has 0 radical (unpaired) electrons. The minimum Gasteiger partial charge on any atom is -0.339 e. The fourth-order valence-electron chi connectivity index (χ4n) is 2.51. The largest absolute Gasteiger partial charge is 0.339 e. The van der Waals surface area contributed by atoms with Gasteiger partial charge in [-0.25, -0.2) is 4.39 Å². The molecule has 1 fully saturated rings. The molecule has 0 spiro atoms. The first-order valence-electron chi connectivity index (χ1n) is 6.82. The first kappa shape index (κ1) is 14.0. The second-order valence-corrected chi connectivity index (χ2v) is 5.22. The average molecular weight is 264 g/mol. The zero-order valence-electron chi connectivity index (χ0n) is 11.5. The molecule has 2 unspecified atom stereocenters. The number of nitrogens with one attached hydrogen (secondary N) is 1. The summed E-state index contributed by atoms with van der Waals surface area (Å²) in [4.78, 5) is 14.2. The lowest BCUT2D eigenvalue weighted by Gasteiger charge is -2.31. The molecule has 0 saturated carbocycles. The van der Waals surface area contributed by atoms with E-state index in [1.807, 2.05) is 14.0 Å². The minimum absolute atomic E-state index is 0.0324. The fraction of sp³-hybridized carbons (Fsp3) is 0.533. The number of amides is 1. The first-order chi connectivity index (χ1) is 9.09. The molecule has 1 heterocycles. The Balaban J connectivity index is 2.03. The number of carbonyl (C=O) groups excluding carboxylic acids is 1. The van der Waals surface area contributed by atoms with Gasteiger partial charge in [-0.15, -0.1) is 0 Å². The quantitative estimate of drug-likeness (QED) is 0.909. The third-order valence-corrected chi connectivity index (χ3v) is 3.93. The lowest BCUT2D eigenvalue weighted by Crippen LogP contribution is -2.42. The Bertz CT molecular complexity index is 426. The van der Waals surface area contributed by atoms with Gasteiger partial charge in [0.05, 0.1) is 12.0 Å². The summed E-state index contributed by atoms with van der Waals surface area (Å²) in [6.07, 6.45) is 2.00. The van der Waals surface area contributed by atoms with E-state index in [-0.39, 0.29) is 23.7 Å². The predicted molar refractivity (Wildman–Crippen MR) is 73.2 cm³/mol. The summed E-state index contributed by atoms with van der Waals surface area (Å²) in [6, 6.07) is 6.32. The lowest BCUT2D eigenvalue weighted by atomic mass is 9.97. The van der Waals surface area contributed by atoms with Gasteiger partial charge in [-0.2, -0.15) is 0 Å². The third-order valence-electron chi connectivity index (χ3n) is 3.93. The van der Waals surface area contributed by atoms with E-state index in [0.29, 0.717) is 0 Å². The number of benzene rings is 1. The molecule has 1 aromatic carbocycles. The molecular weight excluding hydrogens is 243 g/mol. The van der Waals surface area contributed by atoms with E-state index in [9.17, 15) is 9.18 Å². The van der Waals surface area contributed by atoms with Gasteiger partial charge in [-0.3, -0.25) is 4.79 Å². The van der Waals surface area contributed by atoms with Gasteiger partial charge in [0.2, 0.25) is 5.91 Å². The van der Waals surface area contributed by atoms with Crippen LogP contribution < -0.4 is 5.32 Å². The molecule has 1 N–H and O–H groups in total. The van der Waals surface area contributed by atoms with E-state index >= 15 is 0 Å². The van der Waals surface area contributed by atoms with Crippen LogP contribution in [0.15, 0.2) is 24.3 Å². The molecule has 0 bridgehead atoms. The molecule has 19 heavy (non-hydrogen) atoms. The monoisotopic (exact) mass is 264 g/mol. The SMILES string of the molecule is CC(c1ccc(F)cc1)N(C)C(=O)C1CCCNC1. The number of halogens is 1. The molecule has 0 aromatic heterocycles. The van der Waals surface area contributed by atoms with Gasteiger partial charge in [0.25, 0.3) is 0 Å². The highest BCUT2D eigenvalue weighted by molar-refractivity contribution is 5.79. The molecule has 1 saturated heterocycles. The minimum atomic E-state index is -0.249. The van der Waals surface area contributed by atoms with Crippen LogP contribution in [0.25, 0.3) is 0 Å². The van der Waals surface area contributed by atoms with Crippen LogP contribution in [0.3, 0.4) is 0 Å². The van der Waals surface area contributed by atoms with Gasteiger partial charge in [0.1, 0.15) is 5.82 Å². The summed E-state index contributed by atoms with van der Waals surface area (Å²) in [6.45, 7) is 3.74. The first-order valence-corrected chi connectivity index (χ1v) is 6.82. The number of carbonyl (C=O) groups is 1. The van der Waals surface area contributed by atoms with E-state index in [1.54, 1.807) is 17.0 Å². The zero-order chi connectivity index (χ0) is 13.8. The van der Waals surface area contributed by atoms with Crippen LogP contribution >= 0.6 is 0 Å². The van der Waals surface area contributed by atoms with E-state index in [2.05, 4.69) is 5.32 Å². The van der Waals surface area contributed by atoms with Gasteiger partial charge in [-0.05, 0) is 44.0 Å². The molecule has 2 atom stereocenters. The number of piperidine rings is 1. The van der Waals surface area contributed by atoms with Crippen molar-refractivity contribution in [3.8, 4) is 0 Å². The lowest BCUT2D eigenvalue weighted by molar-refractivity contribution is -0.136. The van der Waals surface area contributed by atoms with Crippen LogP contribution in [0.2, 0.25) is 0 Å². The van der Waals surface area contributed by atoms with Gasteiger partial charge in [0.15, 0.2) is 0 Å². The van der Waals surface area contributed by atoms with Crippen LogP contribution in [0.5, 0.6) is 0 Å². The molecule has 0 aliphatic carbocycles. The second-order valence-electron chi connectivity index (χ2n) is 5.22. The maximum Gasteiger partial charge on any atom is 0.227 e. The Kier molecular flexibility index (Phi) is 4.53. The standard InChI is InChI=1S/C15H21FN2O/c1-11(12-5-7-14(16)8-6-12)18(2)15(19)13-4-3-9-17-10-13/h5-8,11,13,17H,3-4,9-10H2,1-2H3. The Morgan fingerprint density at radius 3 is 2.68 bits per heavy atom. The molecule has 1 aliphatic rings. The number of hydrogen-bond donors (Lipinski definition) is 1. The number of nitrogens with zero attached hydrogens (tertiary/aromatic N) is 1. The average Bonchev–Trinajstić information content (AvgIpc) is 2.46. The van der Waals surface area contributed by atoms with Crippen molar-refractivity contribution in [2.75, 3.05) is 20.1 Å². The second kappa shape index (κ2) is 6.15. The van der Waals surface area contributed by atoms with E-state index in [4.69, 9.17) is 0 Å². The van der Waals surface area contributed by atoms with Crippen LogP contribution in [0, 0.1) is 11.7 Å². The van der Waals surface area contributed by atoms with Gasteiger partial charge in [-0.1, -0.05) is 12.1 Å². The van der Waals surface area contributed by atoms with Crippen LogP contribution in [0.1, 0.15) is 31.4 Å². The highest BCUT2D eigenvalue weighted by Gasteiger charge is 2.26. The summed E-state index contributed by atoms with van der Waals surface area (Å²) in [5.41, 5.74) is 0.959. The van der Waals surface area contributed by atoms with Crippen molar-refractivity contribution in [3.63, 3.8) is 0 Å². The normalized spacial score (nSPS) is 20.9. The predicted octanol–water partition coefficient (Wildman–Crippen LogP) is 2.34. The Morgan fingerprint density at radius 1 is 1.42 bits per heavy atom. The van der Waals surface area contributed by atoms with Crippen molar-refractivity contribution < 1.29 is 9.18 Å². The molecular formula is C15H21FN2O. The number of rotatable bonds is 3. The summed E-state index contributed by atoms with van der Waals surface area (Å²) in [7, 11) is 1.82. The topological polar surface area (TPSA) is 32.3 Å². The Morgan fingerprint density at radius 2 is 2.11 bits per heavy atom. The molecule has 1 aliphatic heterocycles. The fourth-order valence-corrected chi connectivity index (χ4v) is 2.51. The number of hydrogen-bond acceptors (Lipinski definition) is 2. The van der Waals surface area contributed by atoms with Gasteiger partial charge >= 0.3 is 0 Å². The highest BCUT2D eigenvalue weighted by atomic mass is 19.1. The molecule has 2 rings (SSSR count). The summed E-state index contributed by atoms with van der Waals surface area (Å²) < 4.78 is 12.9. The van der Waals surface area contributed by atoms with Crippen LogP contribution in [0.4, 0.5) is 4.39 Å². The molecule has 104 valence electrons. The van der Waals surface area contributed by atoms with Crippen molar-refractivity contribution in [3.05, 3.63) is 35.6 Å². The zero-order valence-corrected chi connectivity index (χ0v) is 11.5. The Hall–Kier alpha value is -1.42. The molecule has 3 nitrogen and oxygen atoms in total. The summed E-state index contributed by atoms with van der Waals surface area (Å²) in [5.74, 6) is -0.00733. The van der Waals surface area contributed by atoms with Crippen LogP contribution in [-0.2, 0) is 4.79 Å². The van der Waals surface area contributed by atoms with Crippen molar-refractivity contribution in [2.24, 2.45) is 5.92 Å². The maximum absolute atomic E-state index is 12.9. The van der Waals surface area contributed by atoms with Crippen molar-refractivity contribution in [2.45, 2.75) is 25.8 Å². The third kappa shape index (κ3) is 3.32. The van der Waals surface area contributed by atoms with E-state index in [0.717, 1.165) is 31.5 Å². The van der Waals surface area contributed by atoms with Crippen LogP contribution in [-0.4, -0.2) is 30.9 Å². The summed E-state index contributed by atoms with van der Waals surface area (Å²) in [5, 5.41) is 3.26.